The van der Waals surface area contributed by atoms with Crippen LogP contribution in [0.1, 0.15) is 12.6 Å². The Morgan fingerprint density at radius 1 is 0.464 bits per heavy atom. The first-order chi connectivity index (χ1) is 34.1. The van der Waals surface area contributed by atoms with Crippen molar-refractivity contribution in [2.45, 2.75) is 6.92 Å². The minimum Gasteiger partial charge on any atom is -0.457 e. The van der Waals surface area contributed by atoms with Crippen molar-refractivity contribution in [2.24, 2.45) is 0 Å². The molecule has 6 heteroatoms. The van der Waals surface area contributed by atoms with E-state index < -0.39 is 0 Å². The van der Waals surface area contributed by atoms with Gasteiger partial charge in [-0.15, -0.1) is 0 Å². The number of hydrogen-bond donors (Lipinski definition) is 0. The standard InChI is InChI=1S/C63H43N5O/c1-3-20-52(59-41(2)69-58-39-53-51-31-18-19-32-56(51)68(57(53)38-54(58)59)48-27-14-7-15-28-48)60-55(63-66-61(45-23-10-5-11-24-45)65-62(67-63)46-25-12-6-13-26-46)37-47(40-64-60)42-33-35-44(36-34-42)50-30-17-16-29-49(50)43-21-8-4-9-22-43/h3-40H,2H2,1H3/b20-3-,59-52-. The van der Waals surface area contributed by atoms with Crippen molar-refractivity contribution < 1.29 is 4.42 Å². The normalized spacial score (nSPS) is 12.1. The van der Waals surface area contributed by atoms with Crippen molar-refractivity contribution >= 4 is 44.9 Å². The molecular formula is C63H43N5O. The van der Waals surface area contributed by atoms with Crippen LogP contribution >= 0.6 is 0 Å². The van der Waals surface area contributed by atoms with Gasteiger partial charge in [-0.25, -0.2) is 15.0 Å². The molecule has 0 saturated carbocycles. The molecule has 6 nitrogen and oxygen atoms in total. The first-order valence-electron chi connectivity index (χ1n) is 23.1. The molecule has 69 heavy (non-hydrogen) atoms. The predicted molar refractivity (Wildman–Crippen MR) is 283 cm³/mol. The van der Waals surface area contributed by atoms with E-state index in [1.165, 1.54) is 16.7 Å². The molecule has 0 atom stereocenters. The highest BCUT2D eigenvalue weighted by Crippen LogP contribution is 2.38. The van der Waals surface area contributed by atoms with Crippen LogP contribution in [-0.2, 0) is 0 Å². The average Bonchev–Trinajstić information content (AvgIpc) is 3.92. The number of para-hydroxylation sites is 2. The third-order valence-electron chi connectivity index (χ3n) is 12.8. The second kappa shape index (κ2) is 17.5. The lowest BCUT2D eigenvalue weighted by Gasteiger charge is -2.14. The Hall–Kier alpha value is -9.26. The zero-order chi connectivity index (χ0) is 46.3. The van der Waals surface area contributed by atoms with Gasteiger partial charge in [-0.1, -0.05) is 195 Å². The van der Waals surface area contributed by atoms with Crippen LogP contribution in [0.2, 0.25) is 0 Å². The first-order valence-corrected chi connectivity index (χ1v) is 23.1. The lowest BCUT2D eigenvalue weighted by Crippen LogP contribution is -2.22. The van der Waals surface area contributed by atoms with Gasteiger partial charge in [-0.3, -0.25) is 4.98 Å². The number of nitrogens with zero attached hydrogens (tertiary/aromatic N) is 5. The largest absolute Gasteiger partial charge is 0.457 e. The average molecular weight is 886 g/mol. The van der Waals surface area contributed by atoms with Gasteiger partial charge >= 0.3 is 0 Å². The number of furan rings is 1. The van der Waals surface area contributed by atoms with Gasteiger partial charge in [0, 0.05) is 61.1 Å². The molecule has 0 bridgehead atoms. The van der Waals surface area contributed by atoms with Crippen LogP contribution in [0.3, 0.4) is 0 Å². The van der Waals surface area contributed by atoms with Crippen LogP contribution in [0, 0.1) is 0 Å². The van der Waals surface area contributed by atoms with Crippen molar-refractivity contribution in [3.8, 4) is 73.2 Å². The fourth-order valence-electron chi connectivity index (χ4n) is 9.59. The van der Waals surface area contributed by atoms with Gasteiger partial charge in [0.05, 0.1) is 16.7 Å². The van der Waals surface area contributed by atoms with Crippen LogP contribution in [0.25, 0.3) is 118 Å². The van der Waals surface area contributed by atoms with Crippen molar-refractivity contribution in [3.63, 3.8) is 0 Å². The van der Waals surface area contributed by atoms with Crippen LogP contribution in [-0.4, -0.2) is 24.5 Å². The third-order valence-corrected chi connectivity index (χ3v) is 12.8. The van der Waals surface area contributed by atoms with Crippen LogP contribution < -0.4 is 10.6 Å². The summed E-state index contributed by atoms with van der Waals surface area (Å²) in [6.45, 7) is 6.56. The molecule has 12 aromatic rings. The first kappa shape index (κ1) is 41.2. The number of fused-ring (bicyclic) bond motifs is 4. The summed E-state index contributed by atoms with van der Waals surface area (Å²) in [6, 6.07) is 73.5. The van der Waals surface area contributed by atoms with Gasteiger partial charge in [0.1, 0.15) is 11.0 Å². The summed E-state index contributed by atoms with van der Waals surface area (Å²) in [7, 11) is 0. The second-order valence-electron chi connectivity index (χ2n) is 17.0. The summed E-state index contributed by atoms with van der Waals surface area (Å²) >= 11 is 0. The second-order valence-corrected chi connectivity index (χ2v) is 17.0. The zero-order valence-corrected chi connectivity index (χ0v) is 37.8. The molecule has 0 spiro atoms. The lowest BCUT2D eigenvalue weighted by atomic mass is 9.93. The maximum absolute atomic E-state index is 6.65. The highest BCUT2D eigenvalue weighted by molar-refractivity contribution is 6.13. The van der Waals surface area contributed by atoms with Crippen molar-refractivity contribution in [2.75, 3.05) is 0 Å². The van der Waals surface area contributed by atoms with Gasteiger partial charge in [-0.2, -0.15) is 0 Å². The van der Waals surface area contributed by atoms with Crippen LogP contribution in [0.4, 0.5) is 0 Å². The molecule has 0 aliphatic carbocycles. The molecular weight excluding hydrogens is 843 g/mol. The minimum absolute atomic E-state index is 0.493. The van der Waals surface area contributed by atoms with Crippen molar-refractivity contribution in [3.05, 3.63) is 247 Å². The van der Waals surface area contributed by atoms with Crippen molar-refractivity contribution in [1.29, 1.82) is 0 Å². The molecule has 0 saturated heterocycles. The van der Waals surface area contributed by atoms with Gasteiger partial charge in [-0.05, 0) is 71.1 Å². The van der Waals surface area contributed by atoms with E-state index in [0.29, 0.717) is 28.6 Å². The molecule has 0 amide bonds. The quantitative estimate of drug-likeness (QED) is 0.144. The predicted octanol–water partition coefficient (Wildman–Crippen LogP) is 14.3. The number of pyridine rings is 1. The van der Waals surface area contributed by atoms with E-state index in [1.807, 2.05) is 85.9 Å². The number of allylic oxidation sites excluding steroid dienone is 2. The molecule has 4 heterocycles. The van der Waals surface area contributed by atoms with E-state index >= 15 is 0 Å². The van der Waals surface area contributed by atoms with Crippen LogP contribution in [0.5, 0.6) is 0 Å². The number of benzene rings is 8. The maximum atomic E-state index is 6.65. The van der Waals surface area contributed by atoms with E-state index in [-0.39, 0.29) is 0 Å². The van der Waals surface area contributed by atoms with Gasteiger partial charge in [0.2, 0.25) is 0 Å². The molecule has 0 radical (unpaired) electrons. The Bertz CT molecular complexity index is 3950. The Morgan fingerprint density at radius 3 is 1.64 bits per heavy atom. The molecule has 0 fully saturated rings. The highest BCUT2D eigenvalue weighted by atomic mass is 16.3. The summed E-state index contributed by atoms with van der Waals surface area (Å²) in [4.78, 5) is 21.0. The van der Waals surface area contributed by atoms with Crippen LogP contribution in [0.15, 0.2) is 235 Å². The number of hydrogen-bond acceptors (Lipinski definition) is 5. The highest BCUT2D eigenvalue weighted by Gasteiger charge is 2.22. The Labute approximate surface area is 399 Å². The Balaban J connectivity index is 1.11. The minimum atomic E-state index is 0.493. The summed E-state index contributed by atoms with van der Waals surface area (Å²) in [6.07, 6.45) is 6.08. The summed E-state index contributed by atoms with van der Waals surface area (Å²) in [5.41, 5.74) is 15.1. The molecule has 0 aliphatic heterocycles. The molecule has 8 aromatic carbocycles. The molecule has 0 N–H and O–H groups in total. The van der Waals surface area contributed by atoms with E-state index in [4.69, 9.17) is 24.4 Å². The Morgan fingerprint density at radius 2 is 1.00 bits per heavy atom. The summed E-state index contributed by atoms with van der Waals surface area (Å²) in [5.74, 6) is 1.62. The van der Waals surface area contributed by atoms with Crippen molar-refractivity contribution in [1.82, 2.24) is 24.5 Å². The van der Waals surface area contributed by atoms with Gasteiger partial charge in [0.25, 0.3) is 0 Å². The third kappa shape index (κ3) is 7.50. The SMILES string of the molecule is C=c1oc2cc3c4ccccc4n(-c4ccccc4)c3cc2/c1=C(/C=C\C)c1ncc(-c2ccc(-c3ccccc3-c3ccccc3)cc2)cc1-c1nc(-c2ccccc2)nc(-c2ccccc2)n1. The Kier molecular flexibility index (Phi) is 10.5. The van der Waals surface area contributed by atoms with E-state index in [0.717, 1.165) is 82.6 Å². The topological polar surface area (TPSA) is 69.6 Å². The monoisotopic (exact) mass is 885 g/mol. The molecule has 12 rings (SSSR count). The van der Waals surface area contributed by atoms with E-state index in [1.54, 1.807) is 0 Å². The van der Waals surface area contributed by atoms with Gasteiger partial charge in [0.15, 0.2) is 17.5 Å². The smallest absolute Gasteiger partial charge is 0.166 e. The summed E-state index contributed by atoms with van der Waals surface area (Å²) < 4.78 is 8.98. The van der Waals surface area contributed by atoms with E-state index in [9.17, 15) is 0 Å². The van der Waals surface area contributed by atoms with Gasteiger partial charge < -0.3 is 8.98 Å². The lowest BCUT2D eigenvalue weighted by molar-refractivity contribution is 0.577. The fraction of sp³-hybridized carbons (Fsp3) is 0.0159. The number of rotatable bonds is 9. The molecule has 326 valence electrons. The summed E-state index contributed by atoms with van der Waals surface area (Å²) in [5, 5.41) is 4.01. The number of aromatic nitrogens is 5. The molecule has 4 aromatic heterocycles. The van der Waals surface area contributed by atoms with E-state index in [2.05, 4.69) is 163 Å². The zero-order valence-electron chi connectivity index (χ0n) is 37.8. The molecule has 0 unspecified atom stereocenters. The maximum Gasteiger partial charge on any atom is 0.166 e. The fourth-order valence-corrected chi connectivity index (χ4v) is 9.59. The molecule has 0 aliphatic rings.